The first-order chi connectivity index (χ1) is 15.8. The summed E-state index contributed by atoms with van der Waals surface area (Å²) in [6.45, 7) is 2.17. The van der Waals surface area contributed by atoms with Crippen molar-refractivity contribution >= 4 is 38.1 Å². The molecule has 7 nitrogen and oxygen atoms in total. The van der Waals surface area contributed by atoms with E-state index in [9.17, 15) is 13.2 Å². The maximum absolute atomic E-state index is 13.0. The Kier molecular flexibility index (Phi) is 7.46. The molecular formula is C25H26N2O5S. The van der Waals surface area contributed by atoms with Gasteiger partial charge in [0.05, 0.1) is 37.8 Å². The van der Waals surface area contributed by atoms with Crippen LogP contribution < -0.4 is 14.4 Å². The summed E-state index contributed by atoms with van der Waals surface area (Å²) in [4.78, 5) is 13.9. The Morgan fingerprint density at radius 3 is 2.48 bits per heavy atom. The van der Waals surface area contributed by atoms with Gasteiger partial charge in [-0.1, -0.05) is 36.3 Å². The number of hydrogen-bond acceptors (Lipinski definition) is 6. The predicted molar refractivity (Wildman–Crippen MR) is 130 cm³/mol. The van der Waals surface area contributed by atoms with Crippen molar-refractivity contribution in [3.8, 4) is 18.1 Å². The van der Waals surface area contributed by atoms with Crippen molar-refractivity contribution in [3.05, 3.63) is 60.7 Å². The van der Waals surface area contributed by atoms with Crippen molar-refractivity contribution in [2.75, 3.05) is 30.4 Å². The number of fused-ring (bicyclic) bond motifs is 1. The van der Waals surface area contributed by atoms with Crippen LogP contribution in [0.5, 0.6) is 5.75 Å². The van der Waals surface area contributed by atoms with Gasteiger partial charge in [-0.2, -0.15) is 0 Å². The molecule has 3 rings (SSSR count). The molecule has 3 aromatic rings. The van der Waals surface area contributed by atoms with E-state index in [0.29, 0.717) is 16.8 Å². The Hall–Kier alpha value is -3.70. The van der Waals surface area contributed by atoms with Crippen molar-refractivity contribution in [2.45, 2.75) is 24.3 Å². The second-order valence-electron chi connectivity index (χ2n) is 7.42. The monoisotopic (exact) mass is 466 g/mol. The van der Waals surface area contributed by atoms with E-state index < -0.39 is 10.0 Å². The van der Waals surface area contributed by atoms with Gasteiger partial charge in [0.25, 0.3) is 10.0 Å². The minimum atomic E-state index is -3.85. The topological polar surface area (TPSA) is 84.9 Å². The number of methoxy groups -OCH3 is 2. The minimum Gasteiger partial charge on any atom is -0.497 e. The lowest BCUT2D eigenvalue weighted by atomic mass is 10.0. The molecule has 0 aliphatic heterocycles. The van der Waals surface area contributed by atoms with Gasteiger partial charge in [0.1, 0.15) is 5.75 Å². The average Bonchev–Trinajstić information content (AvgIpc) is 2.82. The van der Waals surface area contributed by atoms with Crippen LogP contribution in [0.2, 0.25) is 0 Å². The van der Waals surface area contributed by atoms with Crippen LogP contribution in [0.1, 0.15) is 13.3 Å². The number of sulfonamides is 1. The van der Waals surface area contributed by atoms with E-state index in [1.165, 1.54) is 26.4 Å². The highest BCUT2D eigenvalue weighted by atomic mass is 32.2. The third kappa shape index (κ3) is 5.38. The number of carbonyl (C=O) groups excluding carboxylic acids is 1. The van der Waals surface area contributed by atoms with Crippen molar-refractivity contribution in [1.82, 2.24) is 0 Å². The number of nitrogens with one attached hydrogen (secondary N) is 1. The number of nitrogens with zero attached hydrogens (tertiary/aromatic N) is 1. The Balaban J connectivity index is 2.04. The normalized spacial score (nSPS) is 11.9. The van der Waals surface area contributed by atoms with Gasteiger partial charge in [-0.3, -0.25) is 9.52 Å². The van der Waals surface area contributed by atoms with Crippen LogP contribution in [0.4, 0.5) is 11.4 Å². The maximum atomic E-state index is 13.0. The molecule has 172 valence electrons. The lowest BCUT2D eigenvalue weighted by molar-refractivity contribution is -0.140. The van der Waals surface area contributed by atoms with E-state index in [1.807, 2.05) is 36.1 Å². The molecule has 0 unspecified atom stereocenters. The lowest BCUT2D eigenvalue weighted by Gasteiger charge is -2.30. The van der Waals surface area contributed by atoms with Crippen LogP contribution in [-0.4, -0.2) is 41.2 Å². The van der Waals surface area contributed by atoms with E-state index >= 15 is 0 Å². The van der Waals surface area contributed by atoms with Gasteiger partial charge in [0.2, 0.25) is 0 Å². The van der Waals surface area contributed by atoms with Gasteiger partial charge in [0, 0.05) is 28.6 Å². The number of terminal acetylenes is 1. The molecule has 3 aromatic carbocycles. The first kappa shape index (κ1) is 24.0. The molecule has 0 bridgehead atoms. The van der Waals surface area contributed by atoms with Crippen LogP contribution in [-0.2, 0) is 19.6 Å². The number of rotatable bonds is 9. The highest BCUT2D eigenvalue weighted by Crippen LogP contribution is 2.35. The maximum Gasteiger partial charge on any atom is 0.307 e. The molecule has 0 amide bonds. The number of carbonyl (C=O) groups is 1. The van der Waals surface area contributed by atoms with Gasteiger partial charge in [-0.05, 0) is 31.2 Å². The predicted octanol–water partition coefficient (Wildman–Crippen LogP) is 4.04. The third-order valence-corrected chi connectivity index (χ3v) is 6.65. The van der Waals surface area contributed by atoms with Gasteiger partial charge < -0.3 is 14.4 Å². The summed E-state index contributed by atoms with van der Waals surface area (Å²) < 4.78 is 38.7. The molecule has 0 heterocycles. The summed E-state index contributed by atoms with van der Waals surface area (Å²) in [7, 11) is -1.03. The SMILES string of the molecule is C#CCN(c1ccc(NS(=O)(=O)c2cccc(OC)c2)c2ccccc12)[C@@H](C)CC(=O)OC. The second-order valence-corrected chi connectivity index (χ2v) is 9.11. The number of hydrogen-bond donors (Lipinski definition) is 1. The van der Waals surface area contributed by atoms with E-state index in [0.717, 1.165) is 11.1 Å². The average molecular weight is 467 g/mol. The highest BCUT2D eigenvalue weighted by molar-refractivity contribution is 7.92. The van der Waals surface area contributed by atoms with Gasteiger partial charge in [-0.25, -0.2) is 8.42 Å². The Bertz CT molecular complexity index is 1300. The quantitative estimate of drug-likeness (QED) is 0.378. The molecule has 1 N–H and O–H groups in total. The molecule has 0 saturated carbocycles. The molecule has 33 heavy (non-hydrogen) atoms. The van der Waals surface area contributed by atoms with Crippen LogP contribution in [0, 0.1) is 12.3 Å². The summed E-state index contributed by atoms with van der Waals surface area (Å²) in [5.41, 5.74) is 1.22. The molecule has 0 aromatic heterocycles. The molecular weight excluding hydrogens is 440 g/mol. The molecule has 0 aliphatic rings. The fourth-order valence-corrected chi connectivity index (χ4v) is 4.72. The summed E-state index contributed by atoms with van der Waals surface area (Å²) in [6.07, 6.45) is 5.77. The zero-order valence-electron chi connectivity index (χ0n) is 18.7. The first-order valence-electron chi connectivity index (χ1n) is 10.3. The molecule has 8 heteroatoms. The summed E-state index contributed by atoms with van der Waals surface area (Å²) in [6, 6.07) is 17.0. The molecule has 0 saturated heterocycles. The fourth-order valence-electron chi connectivity index (χ4n) is 3.61. The highest BCUT2D eigenvalue weighted by Gasteiger charge is 2.22. The molecule has 1 atom stereocenters. The zero-order valence-corrected chi connectivity index (χ0v) is 19.6. The summed E-state index contributed by atoms with van der Waals surface area (Å²) >= 11 is 0. The van der Waals surface area contributed by atoms with E-state index in [-0.39, 0.29) is 29.9 Å². The minimum absolute atomic E-state index is 0.0932. The van der Waals surface area contributed by atoms with E-state index in [2.05, 4.69) is 10.6 Å². The number of ether oxygens (including phenoxy) is 2. The first-order valence-corrected chi connectivity index (χ1v) is 11.7. The van der Waals surface area contributed by atoms with Crippen LogP contribution in [0.15, 0.2) is 65.6 Å². The van der Waals surface area contributed by atoms with Gasteiger partial charge >= 0.3 is 5.97 Å². The van der Waals surface area contributed by atoms with Crippen LogP contribution in [0.25, 0.3) is 10.8 Å². The molecule has 0 fully saturated rings. The number of anilines is 2. The van der Waals surface area contributed by atoms with Gasteiger partial charge in [-0.15, -0.1) is 6.42 Å². The molecule has 0 spiro atoms. The fraction of sp³-hybridized carbons (Fsp3) is 0.240. The van der Waals surface area contributed by atoms with Crippen LogP contribution in [0.3, 0.4) is 0 Å². The summed E-state index contributed by atoms with van der Waals surface area (Å²) in [5, 5.41) is 1.50. The zero-order chi connectivity index (χ0) is 24.0. The standard InChI is InChI=1S/C25H26N2O5S/c1-5-15-27(18(2)16-25(28)32-4)24-14-13-23(21-11-6-7-12-22(21)24)26-33(29,30)20-10-8-9-19(17-20)31-3/h1,6-14,17-18,26H,15-16H2,2-4H3/t18-/m0/s1. The number of esters is 1. The van der Waals surface area contributed by atoms with Crippen molar-refractivity contribution in [3.63, 3.8) is 0 Å². The van der Waals surface area contributed by atoms with Crippen molar-refractivity contribution in [1.29, 1.82) is 0 Å². The lowest BCUT2D eigenvalue weighted by Crippen LogP contribution is -2.35. The Morgan fingerprint density at radius 2 is 1.82 bits per heavy atom. The number of benzene rings is 3. The largest absolute Gasteiger partial charge is 0.497 e. The smallest absolute Gasteiger partial charge is 0.307 e. The van der Waals surface area contributed by atoms with Crippen LogP contribution >= 0.6 is 0 Å². The third-order valence-electron chi connectivity index (χ3n) is 5.29. The Labute approximate surface area is 194 Å². The van der Waals surface area contributed by atoms with E-state index in [4.69, 9.17) is 15.9 Å². The van der Waals surface area contributed by atoms with Crippen molar-refractivity contribution < 1.29 is 22.7 Å². The van der Waals surface area contributed by atoms with Crippen molar-refractivity contribution in [2.24, 2.45) is 0 Å². The summed E-state index contributed by atoms with van der Waals surface area (Å²) in [5.74, 6) is 2.75. The second kappa shape index (κ2) is 10.3. The molecule has 0 radical (unpaired) electrons. The van der Waals surface area contributed by atoms with E-state index in [1.54, 1.807) is 24.3 Å². The Morgan fingerprint density at radius 1 is 1.09 bits per heavy atom. The molecule has 0 aliphatic carbocycles. The van der Waals surface area contributed by atoms with Gasteiger partial charge in [0.15, 0.2) is 0 Å².